The van der Waals surface area contributed by atoms with E-state index in [1.165, 1.54) is 11.1 Å². The van der Waals surface area contributed by atoms with Crippen molar-refractivity contribution in [1.29, 1.82) is 0 Å². The molecule has 1 atom stereocenters. The number of benzene rings is 2. The fourth-order valence-electron chi connectivity index (χ4n) is 3.53. The normalized spacial score (nSPS) is 17.5. The van der Waals surface area contributed by atoms with Crippen molar-refractivity contribution in [2.75, 3.05) is 38.6 Å². The second kappa shape index (κ2) is 9.02. The van der Waals surface area contributed by atoms with Crippen LogP contribution >= 0.6 is 0 Å². The van der Waals surface area contributed by atoms with Gasteiger partial charge in [-0.3, -0.25) is 9.69 Å². The number of hydrogen-bond acceptors (Lipinski definition) is 4. The van der Waals surface area contributed by atoms with Gasteiger partial charge in [-0.25, -0.2) is 0 Å². The molecule has 1 saturated heterocycles. The number of methoxy groups -OCH3 is 1. The quantitative estimate of drug-likeness (QED) is 0.824. The van der Waals surface area contributed by atoms with Crippen LogP contribution in [0, 0.1) is 6.92 Å². The van der Waals surface area contributed by atoms with E-state index in [4.69, 9.17) is 4.74 Å². The Morgan fingerprint density at radius 3 is 2.74 bits per heavy atom. The molecule has 0 bridgehead atoms. The molecule has 1 fully saturated rings. The minimum atomic E-state index is -0.0176. The van der Waals surface area contributed by atoms with Crippen molar-refractivity contribution >= 4 is 11.6 Å². The van der Waals surface area contributed by atoms with E-state index in [1.54, 1.807) is 7.11 Å². The van der Waals surface area contributed by atoms with Crippen LogP contribution in [0.1, 0.15) is 29.7 Å². The standard InChI is InChI=1S/C22H29N3O2/c1-4-17-6-8-18(9-7-17)20-14-23-11-12-25(20)15-22(26)24-19-13-16(2)5-10-21(19)27-3/h5-10,13,20,23H,4,11-12,14-15H2,1-3H3,(H,24,26). The van der Waals surface area contributed by atoms with E-state index < -0.39 is 0 Å². The number of carbonyl (C=O) groups excluding carboxylic acids is 1. The van der Waals surface area contributed by atoms with Crippen molar-refractivity contribution in [2.24, 2.45) is 0 Å². The Labute approximate surface area is 161 Å². The average Bonchev–Trinajstić information content (AvgIpc) is 2.69. The maximum Gasteiger partial charge on any atom is 0.238 e. The van der Waals surface area contributed by atoms with Crippen LogP contribution in [0.3, 0.4) is 0 Å². The number of anilines is 1. The fraction of sp³-hybridized carbons (Fsp3) is 0.409. The Morgan fingerprint density at radius 1 is 1.26 bits per heavy atom. The minimum Gasteiger partial charge on any atom is -0.495 e. The zero-order chi connectivity index (χ0) is 19.2. The zero-order valence-electron chi connectivity index (χ0n) is 16.4. The Balaban J connectivity index is 1.70. The fourth-order valence-corrected chi connectivity index (χ4v) is 3.53. The molecule has 1 aliphatic rings. The summed E-state index contributed by atoms with van der Waals surface area (Å²) in [5.74, 6) is 0.664. The number of aryl methyl sites for hydroxylation is 2. The van der Waals surface area contributed by atoms with Gasteiger partial charge in [-0.05, 0) is 42.2 Å². The number of amides is 1. The van der Waals surface area contributed by atoms with Crippen molar-refractivity contribution in [3.63, 3.8) is 0 Å². The molecule has 1 aliphatic heterocycles. The van der Waals surface area contributed by atoms with Gasteiger partial charge in [0, 0.05) is 25.7 Å². The minimum absolute atomic E-state index is 0.0176. The SMILES string of the molecule is CCc1ccc(C2CNCCN2CC(=O)Nc2cc(C)ccc2OC)cc1. The van der Waals surface area contributed by atoms with Gasteiger partial charge in [-0.15, -0.1) is 0 Å². The number of nitrogens with zero attached hydrogens (tertiary/aromatic N) is 1. The summed E-state index contributed by atoms with van der Waals surface area (Å²) in [6.45, 7) is 7.11. The number of rotatable bonds is 6. The summed E-state index contributed by atoms with van der Waals surface area (Å²) >= 11 is 0. The highest BCUT2D eigenvalue weighted by molar-refractivity contribution is 5.93. The van der Waals surface area contributed by atoms with E-state index in [9.17, 15) is 4.79 Å². The van der Waals surface area contributed by atoms with E-state index in [-0.39, 0.29) is 11.9 Å². The van der Waals surface area contributed by atoms with Crippen molar-refractivity contribution in [3.05, 3.63) is 59.2 Å². The summed E-state index contributed by atoms with van der Waals surface area (Å²) in [6.07, 6.45) is 1.04. The van der Waals surface area contributed by atoms with E-state index in [1.807, 2.05) is 25.1 Å². The summed E-state index contributed by atoms with van der Waals surface area (Å²) in [6, 6.07) is 14.7. The van der Waals surface area contributed by atoms with Crippen LogP contribution in [0.2, 0.25) is 0 Å². The number of hydrogen-bond donors (Lipinski definition) is 2. The lowest BCUT2D eigenvalue weighted by Crippen LogP contribution is -2.48. The average molecular weight is 367 g/mol. The molecule has 144 valence electrons. The molecule has 1 amide bonds. The summed E-state index contributed by atoms with van der Waals surface area (Å²) in [5.41, 5.74) is 4.39. The largest absolute Gasteiger partial charge is 0.495 e. The Bertz CT molecular complexity index is 774. The first-order valence-electron chi connectivity index (χ1n) is 9.58. The maximum absolute atomic E-state index is 12.7. The molecule has 2 aromatic carbocycles. The van der Waals surface area contributed by atoms with Gasteiger partial charge < -0.3 is 15.4 Å². The van der Waals surface area contributed by atoms with Crippen molar-refractivity contribution in [1.82, 2.24) is 10.2 Å². The van der Waals surface area contributed by atoms with Crippen LogP contribution < -0.4 is 15.4 Å². The molecule has 5 heteroatoms. The van der Waals surface area contributed by atoms with Crippen LogP contribution in [0.25, 0.3) is 0 Å². The molecule has 0 aliphatic carbocycles. The van der Waals surface area contributed by atoms with Crippen molar-refractivity contribution < 1.29 is 9.53 Å². The monoisotopic (exact) mass is 367 g/mol. The van der Waals surface area contributed by atoms with E-state index >= 15 is 0 Å². The van der Waals surface area contributed by atoms with Gasteiger partial charge >= 0.3 is 0 Å². The Hall–Kier alpha value is -2.37. The second-order valence-electron chi connectivity index (χ2n) is 7.04. The van der Waals surface area contributed by atoms with Gasteiger partial charge in [0.1, 0.15) is 5.75 Å². The molecule has 2 N–H and O–H groups in total. The molecule has 0 radical (unpaired) electrons. The number of ether oxygens (including phenoxy) is 1. The summed E-state index contributed by atoms with van der Waals surface area (Å²) in [5, 5.41) is 6.46. The van der Waals surface area contributed by atoms with Crippen LogP contribution in [-0.2, 0) is 11.2 Å². The molecule has 0 saturated carbocycles. The predicted molar refractivity (Wildman–Crippen MR) is 109 cm³/mol. The molecular weight excluding hydrogens is 338 g/mol. The van der Waals surface area contributed by atoms with Crippen molar-refractivity contribution in [2.45, 2.75) is 26.3 Å². The van der Waals surface area contributed by atoms with Crippen LogP contribution in [0.4, 0.5) is 5.69 Å². The maximum atomic E-state index is 12.7. The summed E-state index contributed by atoms with van der Waals surface area (Å²) in [7, 11) is 1.62. The van der Waals surface area contributed by atoms with Crippen LogP contribution in [-0.4, -0.2) is 44.1 Å². The highest BCUT2D eigenvalue weighted by atomic mass is 16.5. The van der Waals surface area contributed by atoms with Crippen LogP contribution in [0.15, 0.2) is 42.5 Å². The van der Waals surface area contributed by atoms with Gasteiger partial charge in [0.05, 0.1) is 19.3 Å². The van der Waals surface area contributed by atoms with E-state index in [0.29, 0.717) is 12.3 Å². The lowest BCUT2D eigenvalue weighted by atomic mass is 10.0. The van der Waals surface area contributed by atoms with Gasteiger partial charge in [-0.2, -0.15) is 0 Å². The summed E-state index contributed by atoms with van der Waals surface area (Å²) < 4.78 is 5.37. The molecular formula is C22H29N3O2. The van der Waals surface area contributed by atoms with Crippen LogP contribution in [0.5, 0.6) is 5.75 Å². The second-order valence-corrected chi connectivity index (χ2v) is 7.04. The first-order valence-corrected chi connectivity index (χ1v) is 9.58. The first kappa shape index (κ1) is 19.4. The summed E-state index contributed by atoms with van der Waals surface area (Å²) in [4.78, 5) is 15.0. The van der Waals surface area contributed by atoms with Crippen molar-refractivity contribution in [3.8, 4) is 5.75 Å². The third-order valence-corrected chi connectivity index (χ3v) is 5.10. The topological polar surface area (TPSA) is 53.6 Å². The molecule has 3 rings (SSSR count). The molecule has 2 aromatic rings. The first-order chi connectivity index (χ1) is 13.1. The zero-order valence-corrected chi connectivity index (χ0v) is 16.4. The van der Waals surface area contributed by atoms with E-state index in [2.05, 4.69) is 46.7 Å². The third kappa shape index (κ3) is 4.87. The van der Waals surface area contributed by atoms with Gasteiger partial charge in [0.25, 0.3) is 0 Å². The smallest absolute Gasteiger partial charge is 0.238 e. The molecule has 0 spiro atoms. The third-order valence-electron chi connectivity index (χ3n) is 5.10. The van der Waals surface area contributed by atoms with Gasteiger partial charge in [0.2, 0.25) is 5.91 Å². The Morgan fingerprint density at radius 2 is 2.04 bits per heavy atom. The predicted octanol–water partition coefficient (Wildman–Crippen LogP) is 3.15. The molecule has 1 heterocycles. The number of nitrogens with one attached hydrogen (secondary N) is 2. The molecule has 5 nitrogen and oxygen atoms in total. The molecule has 27 heavy (non-hydrogen) atoms. The van der Waals surface area contributed by atoms with E-state index in [0.717, 1.165) is 37.3 Å². The highest BCUT2D eigenvalue weighted by Gasteiger charge is 2.25. The molecule has 0 aromatic heterocycles. The number of piperazine rings is 1. The Kier molecular flexibility index (Phi) is 6.48. The van der Waals surface area contributed by atoms with Gasteiger partial charge in [-0.1, -0.05) is 37.3 Å². The highest BCUT2D eigenvalue weighted by Crippen LogP contribution is 2.26. The lowest BCUT2D eigenvalue weighted by molar-refractivity contribution is -0.118. The molecule has 1 unspecified atom stereocenters. The van der Waals surface area contributed by atoms with Gasteiger partial charge in [0.15, 0.2) is 0 Å². The number of carbonyl (C=O) groups is 1. The lowest BCUT2D eigenvalue weighted by Gasteiger charge is -2.36.